The number of hydrogen-bond donors (Lipinski definition) is 2. The molecule has 1 aliphatic heterocycles. The third kappa shape index (κ3) is 2.86. The van der Waals surface area contributed by atoms with E-state index in [1.54, 1.807) is 0 Å². The van der Waals surface area contributed by atoms with Crippen molar-refractivity contribution in [3.63, 3.8) is 0 Å². The molecule has 3 aromatic heterocycles. The van der Waals surface area contributed by atoms with Gasteiger partial charge in [0.15, 0.2) is 0 Å². The van der Waals surface area contributed by atoms with E-state index in [1.165, 1.54) is 30.3 Å². The number of aromatic nitrogens is 4. The number of benzene rings is 2. The highest BCUT2D eigenvalue weighted by Gasteiger charge is 2.17. The summed E-state index contributed by atoms with van der Waals surface area (Å²) in [6.07, 6.45) is 7.54. The first-order valence-corrected chi connectivity index (χ1v) is 10.6. The van der Waals surface area contributed by atoms with Gasteiger partial charge < -0.3 is 9.88 Å². The predicted molar refractivity (Wildman–Crippen MR) is 123 cm³/mol. The van der Waals surface area contributed by atoms with Gasteiger partial charge in [0.05, 0.1) is 11.2 Å². The van der Waals surface area contributed by atoms with Crippen molar-refractivity contribution in [2.75, 3.05) is 18.0 Å². The maximum absolute atomic E-state index is 4.66. The smallest absolute Gasteiger partial charge is 0.116 e. The number of nitrogens with zero attached hydrogens (tertiary/aromatic N) is 3. The molecule has 30 heavy (non-hydrogen) atoms. The Morgan fingerprint density at radius 2 is 1.63 bits per heavy atom. The molecular formula is C25H23N5. The molecule has 2 aromatic carbocycles. The predicted octanol–water partition coefficient (Wildman–Crippen LogP) is 5.76. The molecule has 0 spiro atoms. The zero-order valence-electron chi connectivity index (χ0n) is 16.7. The number of aromatic amines is 2. The lowest BCUT2D eigenvalue weighted by Gasteiger charge is -2.29. The molecule has 0 saturated carbocycles. The fraction of sp³-hybridized carbons (Fsp3) is 0.200. The van der Waals surface area contributed by atoms with E-state index in [0.29, 0.717) is 0 Å². The van der Waals surface area contributed by atoms with Crippen molar-refractivity contribution in [3.05, 3.63) is 67.0 Å². The summed E-state index contributed by atoms with van der Waals surface area (Å²) in [5.41, 5.74) is 7.86. The summed E-state index contributed by atoms with van der Waals surface area (Å²) >= 11 is 0. The Morgan fingerprint density at radius 3 is 2.50 bits per heavy atom. The summed E-state index contributed by atoms with van der Waals surface area (Å²) in [5.74, 6) is 0. The van der Waals surface area contributed by atoms with Gasteiger partial charge >= 0.3 is 0 Å². The average molecular weight is 393 g/mol. The molecule has 0 radical (unpaired) electrons. The number of H-pyrrole nitrogens is 2. The number of piperidine rings is 1. The Bertz CT molecular complexity index is 1330. The summed E-state index contributed by atoms with van der Waals surface area (Å²) in [4.78, 5) is 10.3. The van der Waals surface area contributed by atoms with Crippen LogP contribution in [0.3, 0.4) is 0 Å². The van der Waals surface area contributed by atoms with Crippen LogP contribution in [0.5, 0.6) is 0 Å². The van der Waals surface area contributed by atoms with Crippen molar-refractivity contribution in [2.45, 2.75) is 19.3 Å². The quantitative estimate of drug-likeness (QED) is 0.409. The molecule has 1 saturated heterocycles. The molecule has 148 valence electrons. The zero-order chi connectivity index (χ0) is 19.9. The minimum absolute atomic E-state index is 0.960. The summed E-state index contributed by atoms with van der Waals surface area (Å²) < 4.78 is 0. The lowest BCUT2D eigenvalue weighted by Crippen LogP contribution is -2.29. The van der Waals surface area contributed by atoms with Gasteiger partial charge in [-0.05, 0) is 72.9 Å². The highest BCUT2D eigenvalue weighted by molar-refractivity contribution is 6.00. The Kier molecular flexibility index (Phi) is 4.04. The van der Waals surface area contributed by atoms with E-state index in [0.717, 1.165) is 52.0 Å². The van der Waals surface area contributed by atoms with Crippen LogP contribution in [0.4, 0.5) is 5.69 Å². The lowest BCUT2D eigenvalue weighted by atomic mass is 10.0. The van der Waals surface area contributed by atoms with Crippen LogP contribution >= 0.6 is 0 Å². The van der Waals surface area contributed by atoms with Gasteiger partial charge in [0.1, 0.15) is 5.69 Å². The summed E-state index contributed by atoms with van der Waals surface area (Å²) in [6.45, 7) is 2.28. The highest BCUT2D eigenvalue weighted by Crippen LogP contribution is 2.35. The maximum atomic E-state index is 4.66. The van der Waals surface area contributed by atoms with E-state index < -0.39 is 0 Å². The number of nitrogens with one attached hydrogen (secondary N) is 2. The maximum Gasteiger partial charge on any atom is 0.116 e. The molecule has 5 heteroatoms. The molecular weight excluding hydrogens is 370 g/mol. The Balaban J connectivity index is 1.47. The molecule has 2 N–H and O–H groups in total. The molecule has 0 amide bonds. The molecule has 1 fully saturated rings. The van der Waals surface area contributed by atoms with E-state index in [9.17, 15) is 0 Å². The fourth-order valence-electron chi connectivity index (χ4n) is 4.62. The molecule has 0 unspecified atom stereocenters. The first kappa shape index (κ1) is 17.3. The van der Waals surface area contributed by atoms with Gasteiger partial charge in [-0.1, -0.05) is 12.1 Å². The minimum Gasteiger partial charge on any atom is -0.371 e. The van der Waals surface area contributed by atoms with Gasteiger partial charge in [-0.25, -0.2) is 0 Å². The zero-order valence-corrected chi connectivity index (χ0v) is 16.7. The molecule has 6 rings (SSSR count). The summed E-state index contributed by atoms with van der Waals surface area (Å²) in [6, 6.07) is 19.3. The average Bonchev–Trinajstić information content (AvgIpc) is 3.43. The first-order chi connectivity index (χ1) is 14.9. The number of fused-ring (bicyclic) bond motifs is 2. The number of rotatable bonds is 3. The van der Waals surface area contributed by atoms with Crippen LogP contribution in [-0.4, -0.2) is 33.3 Å². The van der Waals surface area contributed by atoms with E-state index in [-0.39, 0.29) is 0 Å². The Labute approximate surface area is 174 Å². The SMILES string of the molecule is c1cc(N2CCCCC2)c2cc(-c3n[nH]c4ccc(-c5ccncc5)cc34)[nH]c2c1. The first-order valence-electron chi connectivity index (χ1n) is 10.6. The Morgan fingerprint density at radius 1 is 0.767 bits per heavy atom. The van der Waals surface area contributed by atoms with Crippen LogP contribution in [0.25, 0.3) is 44.3 Å². The van der Waals surface area contributed by atoms with Crippen LogP contribution in [-0.2, 0) is 0 Å². The normalized spacial score (nSPS) is 14.6. The minimum atomic E-state index is 0.960. The topological polar surface area (TPSA) is 60.6 Å². The summed E-state index contributed by atoms with van der Waals surface area (Å²) in [5, 5.41) is 10.2. The third-order valence-corrected chi connectivity index (χ3v) is 6.17. The van der Waals surface area contributed by atoms with Gasteiger partial charge in [-0.2, -0.15) is 5.10 Å². The monoisotopic (exact) mass is 393 g/mol. The molecule has 4 heterocycles. The van der Waals surface area contributed by atoms with Crippen molar-refractivity contribution >= 4 is 27.5 Å². The van der Waals surface area contributed by atoms with Crippen LogP contribution in [0.1, 0.15) is 19.3 Å². The Hall–Kier alpha value is -3.60. The largest absolute Gasteiger partial charge is 0.371 e. The second kappa shape index (κ2) is 7.02. The van der Waals surface area contributed by atoms with Crippen molar-refractivity contribution in [2.24, 2.45) is 0 Å². The molecule has 5 aromatic rings. The van der Waals surface area contributed by atoms with Gasteiger partial charge in [0.2, 0.25) is 0 Å². The number of hydrogen-bond acceptors (Lipinski definition) is 3. The molecule has 5 nitrogen and oxygen atoms in total. The summed E-state index contributed by atoms with van der Waals surface area (Å²) in [7, 11) is 0. The highest BCUT2D eigenvalue weighted by atomic mass is 15.1. The van der Waals surface area contributed by atoms with Gasteiger partial charge in [0.25, 0.3) is 0 Å². The molecule has 0 bridgehead atoms. The van der Waals surface area contributed by atoms with Crippen LogP contribution in [0, 0.1) is 0 Å². The standard InChI is InChI=1S/C25H23N5/c1-2-13-30(14-3-1)24-6-4-5-21-19(24)16-23(27-21)25-20-15-18(7-8-22(20)28-29-25)17-9-11-26-12-10-17/h4-12,15-16,27H,1-3,13-14H2,(H,28,29). The van der Waals surface area contributed by atoms with Crippen LogP contribution in [0.2, 0.25) is 0 Å². The lowest BCUT2D eigenvalue weighted by molar-refractivity contribution is 0.579. The van der Waals surface area contributed by atoms with Crippen molar-refractivity contribution in [1.29, 1.82) is 0 Å². The van der Waals surface area contributed by atoms with E-state index in [2.05, 4.69) is 67.5 Å². The molecule has 0 aliphatic carbocycles. The van der Waals surface area contributed by atoms with Gasteiger partial charge in [0, 0.05) is 47.5 Å². The van der Waals surface area contributed by atoms with E-state index in [1.807, 2.05) is 24.5 Å². The second-order valence-corrected chi connectivity index (χ2v) is 8.04. The van der Waals surface area contributed by atoms with Crippen molar-refractivity contribution < 1.29 is 0 Å². The van der Waals surface area contributed by atoms with Gasteiger partial charge in [-0.3, -0.25) is 10.1 Å². The van der Waals surface area contributed by atoms with Crippen molar-refractivity contribution in [3.8, 4) is 22.5 Å². The number of pyridine rings is 1. The number of anilines is 1. The molecule has 0 atom stereocenters. The second-order valence-electron chi connectivity index (χ2n) is 8.04. The van der Waals surface area contributed by atoms with Crippen LogP contribution < -0.4 is 4.90 Å². The fourth-order valence-corrected chi connectivity index (χ4v) is 4.62. The molecule has 1 aliphatic rings. The van der Waals surface area contributed by atoms with E-state index >= 15 is 0 Å². The van der Waals surface area contributed by atoms with E-state index in [4.69, 9.17) is 0 Å². The van der Waals surface area contributed by atoms with Gasteiger partial charge in [-0.15, -0.1) is 0 Å². The van der Waals surface area contributed by atoms with Crippen molar-refractivity contribution in [1.82, 2.24) is 20.2 Å². The third-order valence-electron chi connectivity index (χ3n) is 6.17. The van der Waals surface area contributed by atoms with Crippen LogP contribution in [0.15, 0.2) is 67.0 Å².